The summed E-state index contributed by atoms with van der Waals surface area (Å²) in [7, 11) is 1.05. The number of hydrogen-bond acceptors (Lipinski definition) is 3. The molecule has 1 aromatic rings. The Balaban J connectivity index is 3.21. The lowest BCUT2D eigenvalue weighted by molar-refractivity contribution is -0.275. The zero-order valence-corrected chi connectivity index (χ0v) is 10.3. The lowest BCUT2D eigenvalue weighted by atomic mass is 10.3. The van der Waals surface area contributed by atoms with Crippen LogP contribution in [0.25, 0.3) is 0 Å². The Kier molecular flexibility index (Phi) is 4.33. The Morgan fingerprint density at radius 1 is 1.35 bits per heavy atom. The minimum Gasteiger partial charge on any atom is -0.492 e. The molecule has 0 aliphatic rings. The number of aromatic nitrogens is 1. The second-order valence-electron chi connectivity index (χ2n) is 2.70. The van der Waals surface area contributed by atoms with Gasteiger partial charge in [0.25, 0.3) is 6.43 Å². The Hall–Kier alpha value is -0.870. The molecule has 0 radical (unpaired) electrons. The topological polar surface area (TPSA) is 31.4 Å². The number of methoxy groups -OCH3 is 1. The molecule has 0 spiro atoms. The van der Waals surface area contributed by atoms with Gasteiger partial charge in [0, 0.05) is 0 Å². The van der Waals surface area contributed by atoms with Gasteiger partial charge in [-0.2, -0.15) is 0 Å². The molecule has 0 saturated heterocycles. The second kappa shape index (κ2) is 5.19. The normalized spacial score (nSPS) is 11.8. The zero-order chi connectivity index (χ0) is 13.2. The monoisotopic (exact) mass is 369 g/mol. The number of ether oxygens (including phenoxy) is 2. The van der Waals surface area contributed by atoms with E-state index in [0.29, 0.717) is 6.20 Å². The number of nitrogens with zero attached hydrogens (tertiary/aromatic N) is 1. The van der Waals surface area contributed by atoms with E-state index in [4.69, 9.17) is 0 Å². The molecule has 3 nitrogen and oxygen atoms in total. The highest BCUT2D eigenvalue weighted by molar-refractivity contribution is 14.1. The van der Waals surface area contributed by atoms with Crippen molar-refractivity contribution in [2.45, 2.75) is 12.8 Å². The first-order chi connectivity index (χ1) is 7.76. The van der Waals surface area contributed by atoms with Gasteiger partial charge in [0.05, 0.1) is 16.9 Å². The van der Waals surface area contributed by atoms with Crippen LogP contribution in [0.5, 0.6) is 11.5 Å². The van der Waals surface area contributed by atoms with E-state index < -0.39 is 30.0 Å². The van der Waals surface area contributed by atoms with Gasteiger partial charge >= 0.3 is 6.36 Å². The van der Waals surface area contributed by atoms with Crippen molar-refractivity contribution in [1.29, 1.82) is 0 Å². The largest absolute Gasteiger partial charge is 0.573 e. The van der Waals surface area contributed by atoms with Crippen LogP contribution in [-0.2, 0) is 0 Å². The molecule has 0 N–H and O–H groups in total. The van der Waals surface area contributed by atoms with Crippen LogP contribution in [0, 0.1) is 3.57 Å². The summed E-state index contributed by atoms with van der Waals surface area (Å²) >= 11 is 1.42. The maximum absolute atomic E-state index is 12.4. The molecule has 0 fully saturated rings. The third-order valence-corrected chi connectivity index (χ3v) is 2.65. The smallest absolute Gasteiger partial charge is 0.492 e. The molecule has 9 heteroatoms. The van der Waals surface area contributed by atoms with E-state index in [1.807, 2.05) is 0 Å². The van der Waals surface area contributed by atoms with Crippen LogP contribution < -0.4 is 9.47 Å². The summed E-state index contributed by atoms with van der Waals surface area (Å²) < 4.78 is 68.8. The molecular formula is C8H5F5INO2. The lowest BCUT2D eigenvalue weighted by Gasteiger charge is -2.14. The van der Waals surface area contributed by atoms with Crippen LogP contribution in [0.3, 0.4) is 0 Å². The third kappa shape index (κ3) is 3.54. The first kappa shape index (κ1) is 14.2. The molecule has 0 saturated carbocycles. The average molecular weight is 369 g/mol. The standard InChI is InChI=1S/C8H5F5INO2/c1-16-6-3(17-8(11,12)13)2-15-5(4(6)14)7(9)10/h2,7H,1H3. The summed E-state index contributed by atoms with van der Waals surface area (Å²) in [5.41, 5.74) is -0.656. The highest BCUT2D eigenvalue weighted by Crippen LogP contribution is 2.38. The summed E-state index contributed by atoms with van der Waals surface area (Å²) in [6.45, 7) is 0. The van der Waals surface area contributed by atoms with Gasteiger partial charge in [-0.1, -0.05) is 0 Å². The van der Waals surface area contributed by atoms with Gasteiger partial charge < -0.3 is 9.47 Å². The van der Waals surface area contributed by atoms with Gasteiger partial charge in [0.2, 0.25) is 0 Å². The van der Waals surface area contributed by atoms with Crippen molar-refractivity contribution >= 4 is 22.6 Å². The summed E-state index contributed by atoms with van der Waals surface area (Å²) in [6, 6.07) is 0. The Morgan fingerprint density at radius 3 is 2.35 bits per heavy atom. The van der Waals surface area contributed by atoms with E-state index in [1.54, 1.807) is 0 Å². The first-order valence-electron chi connectivity index (χ1n) is 4.02. The van der Waals surface area contributed by atoms with Gasteiger partial charge in [-0.05, 0) is 22.6 Å². The first-order valence-corrected chi connectivity index (χ1v) is 5.10. The SMILES string of the molecule is COc1c(OC(F)(F)F)cnc(C(F)F)c1I. The average Bonchev–Trinajstić information content (AvgIpc) is 2.15. The van der Waals surface area contributed by atoms with E-state index in [-0.39, 0.29) is 3.57 Å². The number of halogens is 6. The van der Waals surface area contributed by atoms with Crippen LogP contribution in [0.4, 0.5) is 22.0 Å². The fraction of sp³-hybridized carbons (Fsp3) is 0.375. The molecule has 0 unspecified atom stereocenters. The number of pyridine rings is 1. The van der Waals surface area contributed by atoms with E-state index in [0.717, 1.165) is 7.11 Å². The van der Waals surface area contributed by atoms with Gasteiger partial charge in [-0.25, -0.2) is 13.8 Å². The maximum Gasteiger partial charge on any atom is 0.573 e. The van der Waals surface area contributed by atoms with Crippen molar-refractivity contribution in [2.75, 3.05) is 7.11 Å². The molecule has 17 heavy (non-hydrogen) atoms. The highest BCUT2D eigenvalue weighted by Gasteiger charge is 2.34. The van der Waals surface area contributed by atoms with Gasteiger partial charge in [0.1, 0.15) is 5.69 Å². The summed E-state index contributed by atoms with van der Waals surface area (Å²) in [6.07, 6.45) is -7.30. The Labute approximate surface area is 106 Å². The predicted molar refractivity (Wildman–Crippen MR) is 55.1 cm³/mol. The molecule has 96 valence electrons. The van der Waals surface area contributed by atoms with Crippen molar-refractivity contribution in [3.63, 3.8) is 0 Å². The Morgan fingerprint density at radius 2 is 1.94 bits per heavy atom. The van der Waals surface area contributed by atoms with Crippen molar-refractivity contribution in [3.05, 3.63) is 15.5 Å². The Bertz CT molecular complexity index is 410. The van der Waals surface area contributed by atoms with Gasteiger partial charge in [-0.3, -0.25) is 0 Å². The quantitative estimate of drug-likeness (QED) is 0.604. The summed E-state index contributed by atoms with van der Waals surface area (Å²) in [4.78, 5) is 3.21. The van der Waals surface area contributed by atoms with Crippen molar-refractivity contribution in [1.82, 2.24) is 4.98 Å². The summed E-state index contributed by atoms with van der Waals surface area (Å²) in [5, 5.41) is 0. The van der Waals surface area contributed by atoms with Gasteiger partial charge in [-0.15, -0.1) is 13.2 Å². The molecule has 0 aliphatic heterocycles. The van der Waals surface area contributed by atoms with Crippen LogP contribution in [0.15, 0.2) is 6.20 Å². The van der Waals surface area contributed by atoms with E-state index in [9.17, 15) is 22.0 Å². The molecule has 0 aromatic carbocycles. The fourth-order valence-electron chi connectivity index (χ4n) is 1.01. The number of rotatable bonds is 3. The molecule has 0 aliphatic carbocycles. The van der Waals surface area contributed by atoms with E-state index in [1.165, 1.54) is 22.6 Å². The zero-order valence-electron chi connectivity index (χ0n) is 8.19. The molecule has 1 heterocycles. The number of hydrogen-bond donors (Lipinski definition) is 0. The molecule has 0 amide bonds. The molecule has 1 rings (SSSR count). The van der Waals surface area contributed by atoms with Crippen molar-refractivity contribution in [2.24, 2.45) is 0 Å². The van der Waals surface area contributed by atoms with Crippen molar-refractivity contribution < 1.29 is 31.4 Å². The van der Waals surface area contributed by atoms with Crippen LogP contribution in [0.2, 0.25) is 0 Å². The van der Waals surface area contributed by atoms with Crippen LogP contribution in [0.1, 0.15) is 12.1 Å². The van der Waals surface area contributed by atoms with Gasteiger partial charge in [0.15, 0.2) is 11.5 Å². The minimum absolute atomic E-state index is 0.221. The third-order valence-electron chi connectivity index (χ3n) is 1.61. The van der Waals surface area contributed by atoms with Crippen LogP contribution in [-0.4, -0.2) is 18.5 Å². The van der Waals surface area contributed by atoms with Crippen molar-refractivity contribution in [3.8, 4) is 11.5 Å². The predicted octanol–water partition coefficient (Wildman–Crippen LogP) is 3.53. The maximum atomic E-state index is 12.4. The molecule has 0 atom stereocenters. The second-order valence-corrected chi connectivity index (χ2v) is 3.78. The lowest BCUT2D eigenvalue weighted by Crippen LogP contribution is -2.18. The van der Waals surface area contributed by atoms with Crippen LogP contribution >= 0.6 is 22.6 Å². The molecule has 1 aromatic heterocycles. The van der Waals surface area contributed by atoms with E-state index in [2.05, 4.69) is 14.5 Å². The number of alkyl halides is 5. The summed E-state index contributed by atoms with van der Waals surface area (Å²) in [5.74, 6) is -1.18. The molecule has 0 bridgehead atoms. The highest BCUT2D eigenvalue weighted by atomic mass is 127. The minimum atomic E-state index is -4.94. The van der Waals surface area contributed by atoms with E-state index >= 15 is 0 Å². The fourth-order valence-corrected chi connectivity index (χ4v) is 1.87. The molecular weight excluding hydrogens is 364 g/mol.